The highest BCUT2D eigenvalue weighted by atomic mass is 16.5. The first-order chi connectivity index (χ1) is 15.2. The Hall–Kier alpha value is -3.93. The molecule has 0 bridgehead atoms. The van der Waals surface area contributed by atoms with Gasteiger partial charge in [-0.3, -0.25) is 4.79 Å². The largest absolute Gasteiger partial charge is 0.497 e. The van der Waals surface area contributed by atoms with Crippen molar-refractivity contribution in [2.75, 3.05) is 7.11 Å². The fraction of sp³-hybridized carbons (Fsp3) is 0.160. The van der Waals surface area contributed by atoms with E-state index in [0.717, 1.165) is 33.6 Å². The summed E-state index contributed by atoms with van der Waals surface area (Å²) in [5, 5.41) is 6.38. The molecular formula is C25H22N4O2. The van der Waals surface area contributed by atoms with Crippen LogP contribution in [0, 0.1) is 0 Å². The second kappa shape index (κ2) is 8.07. The molecule has 0 N–H and O–H groups in total. The molecule has 1 aliphatic rings. The van der Waals surface area contributed by atoms with Crippen molar-refractivity contribution in [1.82, 2.24) is 14.6 Å². The van der Waals surface area contributed by atoms with Gasteiger partial charge in [0, 0.05) is 6.42 Å². The summed E-state index contributed by atoms with van der Waals surface area (Å²) < 4.78 is 7.16. The van der Waals surface area contributed by atoms with E-state index in [9.17, 15) is 4.79 Å². The number of imidazole rings is 1. The average Bonchev–Trinajstić information content (AvgIpc) is 3.45. The van der Waals surface area contributed by atoms with Gasteiger partial charge in [-0.2, -0.15) is 5.10 Å². The molecule has 0 fully saturated rings. The van der Waals surface area contributed by atoms with E-state index >= 15 is 0 Å². The molecule has 0 aliphatic carbocycles. The molecule has 5 rings (SSSR count). The number of hydrazone groups is 1. The van der Waals surface area contributed by atoms with Gasteiger partial charge < -0.3 is 9.30 Å². The monoisotopic (exact) mass is 410 g/mol. The van der Waals surface area contributed by atoms with Crippen LogP contribution in [0.4, 0.5) is 0 Å². The molecule has 31 heavy (non-hydrogen) atoms. The van der Waals surface area contributed by atoms with E-state index in [4.69, 9.17) is 9.84 Å². The lowest BCUT2D eigenvalue weighted by molar-refractivity contribution is -0.133. The molecule has 0 unspecified atom stereocenters. The van der Waals surface area contributed by atoms with Gasteiger partial charge in [0.05, 0.1) is 36.2 Å². The highest BCUT2D eigenvalue weighted by molar-refractivity contribution is 6.03. The number of hydrogen-bond acceptors (Lipinski definition) is 4. The van der Waals surface area contributed by atoms with Gasteiger partial charge in [-0.1, -0.05) is 54.6 Å². The van der Waals surface area contributed by atoms with Crippen LogP contribution in [0.15, 0.2) is 90.3 Å². The summed E-state index contributed by atoms with van der Waals surface area (Å²) in [4.78, 5) is 17.8. The van der Waals surface area contributed by atoms with Crippen LogP contribution in [-0.2, 0) is 11.3 Å². The van der Waals surface area contributed by atoms with Crippen LogP contribution in [0.2, 0.25) is 0 Å². The van der Waals surface area contributed by atoms with Crippen molar-refractivity contribution < 1.29 is 9.53 Å². The minimum Gasteiger partial charge on any atom is -0.497 e. The second-order valence-electron chi connectivity index (χ2n) is 7.51. The van der Waals surface area contributed by atoms with Crippen LogP contribution in [0.3, 0.4) is 0 Å². The van der Waals surface area contributed by atoms with E-state index in [1.807, 2.05) is 83.4 Å². The molecule has 1 aromatic heterocycles. The smallest absolute Gasteiger partial charge is 0.263 e. The lowest BCUT2D eigenvalue weighted by atomic mass is 9.98. The topological polar surface area (TPSA) is 59.7 Å². The van der Waals surface area contributed by atoms with Crippen molar-refractivity contribution >= 4 is 22.7 Å². The number of nitrogens with zero attached hydrogens (tertiary/aromatic N) is 4. The van der Waals surface area contributed by atoms with Crippen LogP contribution < -0.4 is 4.74 Å². The molecule has 1 atom stereocenters. The molecule has 0 saturated heterocycles. The number of aromatic nitrogens is 2. The summed E-state index contributed by atoms with van der Waals surface area (Å²) in [7, 11) is 1.65. The first-order valence-electron chi connectivity index (χ1n) is 10.2. The SMILES string of the molecule is COc1ccc([C@H]2CC(c3ccccc3)=NN2C(=O)Cn2cnc3ccccc32)cc1. The van der Waals surface area contributed by atoms with Crippen LogP contribution in [0.25, 0.3) is 11.0 Å². The van der Waals surface area contributed by atoms with Gasteiger partial charge in [0.15, 0.2) is 0 Å². The van der Waals surface area contributed by atoms with E-state index in [-0.39, 0.29) is 18.5 Å². The van der Waals surface area contributed by atoms with Crippen molar-refractivity contribution in [3.63, 3.8) is 0 Å². The normalized spacial score (nSPS) is 15.8. The summed E-state index contributed by atoms with van der Waals surface area (Å²) in [6, 6.07) is 25.5. The Kier molecular flexibility index (Phi) is 4.96. The quantitative estimate of drug-likeness (QED) is 0.489. The van der Waals surface area contributed by atoms with Crippen molar-refractivity contribution in [3.05, 3.63) is 96.3 Å². The minimum absolute atomic E-state index is 0.0742. The van der Waals surface area contributed by atoms with E-state index < -0.39 is 0 Å². The average molecular weight is 410 g/mol. The Morgan fingerprint density at radius 2 is 1.74 bits per heavy atom. The molecule has 0 spiro atoms. The number of amides is 1. The number of carbonyl (C=O) groups is 1. The zero-order chi connectivity index (χ0) is 21.2. The molecule has 6 nitrogen and oxygen atoms in total. The lowest BCUT2D eigenvalue weighted by Crippen LogP contribution is -2.30. The zero-order valence-corrected chi connectivity index (χ0v) is 17.2. The molecule has 3 aromatic carbocycles. The number of hydrogen-bond donors (Lipinski definition) is 0. The third kappa shape index (κ3) is 3.68. The van der Waals surface area contributed by atoms with Crippen molar-refractivity contribution in [2.45, 2.75) is 19.0 Å². The molecule has 0 radical (unpaired) electrons. The number of para-hydroxylation sites is 2. The Labute approximate surface area is 180 Å². The molecule has 6 heteroatoms. The maximum Gasteiger partial charge on any atom is 0.263 e. The molecular weight excluding hydrogens is 388 g/mol. The first kappa shape index (κ1) is 19.1. The van der Waals surface area contributed by atoms with E-state index in [1.54, 1.807) is 18.4 Å². The molecule has 2 heterocycles. The Morgan fingerprint density at radius 3 is 2.52 bits per heavy atom. The summed E-state index contributed by atoms with van der Waals surface area (Å²) in [6.45, 7) is 0.179. The Morgan fingerprint density at radius 1 is 1.00 bits per heavy atom. The first-order valence-corrected chi connectivity index (χ1v) is 10.2. The van der Waals surface area contributed by atoms with Crippen LogP contribution in [-0.4, -0.2) is 33.3 Å². The van der Waals surface area contributed by atoms with Gasteiger partial charge in [-0.05, 0) is 35.4 Å². The van der Waals surface area contributed by atoms with Gasteiger partial charge in [0.25, 0.3) is 5.91 Å². The standard InChI is InChI=1S/C25H22N4O2/c1-31-20-13-11-19(12-14-20)24-15-22(18-7-3-2-4-8-18)27-29(24)25(30)16-28-17-26-21-9-5-6-10-23(21)28/h2-14,17,24H,15-16H2,1H3/t24-/m1/s1. The van der Waals surface area contributed by atoms with Gasteiger partial charge in [-0.25, -0.2) is 9.99 Å². The Bertz CT molecular complexity index is 1250. The number of ether oxygens (including phenoxy) is 1. The van der Waals surface area contributed by atoms with Gasteiger partial charge >= 0.3 is 0 Å². The summed E-state index contributed by atoms with van der Waals surface area (Å²) in [6.07, 6.45) is 2.37. The lowest BCUT2D eigenvalue weighted by Gasteiger charge is -2.22. The van der Waals surface area contributed by atoms with Crippen molar-refractivity contribution in [1.29, 1.82) is 0 Å². The molecule has 154 valence electrons. The van der Waals surface area contributed by atoms with Gasteiger partial charge in [0.2, 0.25) is 0 Å². The predicted molar refractivity (Wildman–Crippen MR) is 120 cm³/mol. The molecule has 0 saturated carbocycles. The zero-order valence-electron chi connectivity index (χ0n) is 17.2. The highest BCUT2D eigenvalue weighted by Gasteiger charge is 2.33. The maximum atomic E-state index is 13.4. The third-order valence-electron chi connectivity index (χ3n) is 5.61. The fourth-order valence-corrected chi connectivity index (χ4v) is 3.99. The fourth-order valence-electron chi connectivity index (χ4n) is 3.99. The number of rotatable bonds is 5. The molecule has 1 amide bonds. The van der Waals surface area contributed by atoms with Crippen LogP contribution in [0.1, 0.15) is 23.6 Å². The third-order valence-corrected chi connectivity index (χ3v) is 5.61. The summed E-state index contributed by atoms with van der Waals surface area (Å²) >= 11 is 0. The maximum absolute atomic E-state index is 13.4. The molecule has 4 aromatic rings. The van der Waals surface area contributed by atoms with Crippen LogP contribution >= 0.6 is 0 Å². The summed E-state index contributed by atoms with van der Waals surface area (Å²) in [5.41, 5.74) is 4.77. The number of methoxy groups -OCH3 is 1. The van der Waals surface area contributed by atoms with Gasteiger partial charge in [-0.15, -0.1) is 0 Å². The Balaban J connectivity index is 1.47. The van der Waals surface area contributed by atoms with E-state index in [2.05, 4.69) is 4.98 Å². The summed E-state index contributed by atoms with van der Waals surface area (Å²) in [5.74, 6) is 0.712. The number of benzene rings is 3. The predicted octanol–water partition coefficient (Wildman–Crippen LogP) is 4.42. The van der Waals surface area contributed by atoms with Gasteiger partial charge in [0.1, 0.15) is 12.3 Å². The van der Waals surface area contributed by atoms with Crippen LogP contribution in [0.5, 0.6) is 5.75 Å². The second-order valence-corrected chi connectivity index (χ2v) is 7.51. The highest BCUT2D eigenvalue weighted by Crippen LogP contribution is 2.34. The van der Waals surface area contributed by atoms with Crippen molar-refractivity contribution in [2.24, 2.45) is 5.10 Å². The number of fused-ring (bicyclic) bond motifs is 1. The van der Waals surface area contributed by atoms with Crippen molar-refractivity contribution in [3.8, 4) is 5.75 Å². The van der Waals surface area contributed by atoms with E-state index in [1.165, 1.54) is 0 Å². The number of carbonyl (C=O) groups excluding carboxylic acids is 1. The minimum atomic E-state index is -0.164. The molecule has 1 aliphatic heterocycles. The van der Waals surface area contributed by atoms with E-state index in [0.29, 0.717) is 6.42 Å².